The Bertz CT molecular complexity index is 1080. The smallest absolute Gasteiger partial charge is 0.265 e. The fourth-order valence-electron chi connectivity index (χ4n) is 3.79. The number of hydrogen-bond acceptors (Lipinski definition) is 7. The largest absolute Gasteiger partial charge is 0.457 e. The lowest BCUT2D eigenvalue weighted by Gasteiger charge is -2.39. The number of carbonyl (C=O) groups excluding carboxylic acids is 2. The van der Waals surface area contributed by atoms with E-state index in [1.165, 1.54) is 29.7 Å². The minimum Gasteiger partial charge on any atom is -0.457 e. The van der Waals surface area contributed by atoms with Crippen LogP contribution < -0.4 is 15.5 Å². The van der Waals surface area contributed by atoms with Gasteiger partial charge in [-0.25, -0.2) is 13.9 Å². The van der Waals surface area contributed by atoms with Gasteiger partial charge in [-0.15, -0.1) is 0 Å². The number of hydrogen-bond donors (Lipinski definition) is 3. The third kappa shape index (κ3) is 5.47. The molecule has 0 bridgehead atoms. The predicted molar refractivity (Wildman–Crippen MR) is 122 cm³/mol. The van der Waals surface area contributed by atoms with Gasteiger partial charge in [-0.2, -0.15) is 0 Å². The standard InChI is InChI=1S/C22H26ClN3O6S/c1-24-20(27)10-13-26-14-11-22(12-15-26,21(28)25-29)33(30,31)19-8-6-18(7-9-19)32-17-4-2-16(23)3-5-17/h2-9,29H,10-15H2,1H3,(H,24,27)(H,25,28). The van der Waals surface area contributed by atoms with E-state index in [1.54, 1.807) is 31.3 Å². The third-order valence-electron chi connectivity index (χ3n) is 5.81. The molecule has 3 N–H and O–H groups in total. The maximum Gasteiger partial charge on any atom is 0.265 e. The van der Waals surface area contributed by atoms with Crippen molar-refractivity contribution in [1.82, 2.24) is 15.7 Å². The summed E-state index contributed by atoms with van der Waals surface area (Å²) in [5.74, 6) is -0.125. The molecule has 0 atom stereocenters. The summed E-state index contributed by atoms with van der Waals surface area (Å²) in [6.45, 7) is 1.04. The number of ether oxygens (including phenoxy) is 1. The summed E-state index contributed by atoms with van der Waals surface area (Å²) >= 11 is 5.86. The van der Waals surface area contributed by atoms with Crippen molar-refractivity contribution >= 4 is 33.3 Å². The molecule has 1 heterocycles. The van der Waals surface area contributed by atoms with Gasteiger partial charge in [0.15, 0.2) is 14.6 Å². The number of nitrogens with one attached hydrogen (secondary N) is 2. The molecule has 9 nitrogen and oxygen atoms in total. The van der Waals surface area contributed by atoms with Crippen LogP contribution in [0.25, 0.3) is 0 Å². The fraction of sp³-hybridized carbons (Fsp3) is 0.364. The van der Waals surface area contributed by atoms with Crippen LogP contribution in [-0.4, -0.2) is 61.8 Å². The molecule has 2 aromatic rings. The van der Waals surface area contributed by atoms with E-state index in [9.17, 15) is 23.2 Å². The van der Waals surface area contributed by atoms with Crippen LogP contribution in [0, 0.1) is 0 Å². The zero-order valence-electron chi connectivity index (χ0n) is 18.1. The molecule has 11 heteroatoms. The highest BCUT2D eigenvalue weighted by atomic mass is 35.5. The number of carbonyl (C=O) groups is 2. The second-order valence-electron chi connectivity index (χ2n) is 7.73. The zero-order valence-corrected chi connectivity index (χ0v) is 19.7. The molecule has 0 saturated carbocycles. The number of rotatable bonds is 8. The molecule has 0 aromatic heterocycles. The van der Waals surface area contributed by atoms with E-state index >= 15 is 0 Å². The molecule has 1 fully saturated rings. The van der Waals surface area contributed by atoms with Crippen molar-refractivity contribution in [2.24, 2.45) is 0 Å². The van der Waals surface area contributed by atoms with Crippen LogP contribution in [-0.2, 0) is 19.4 Å². The molecule has 1 aliphatic heterocycles. The molecule has 33 heavy (non-hydrogen) atoms. The molecule has 2 aromatic carbocycles. The first-order valence-electron chi connectivity index (χ1n) is 10.4. The van der Waals surface area contributed by atoms with Gasteiger partial charge in [0.25, 0.3) is 5.91 Å². The van der Waals surface area contributed by atoms with Crippen LogP contribution in [0.3, 0.4) is 0 Å². The topological polar surface area (TPSA) is 125 Å². The van der Waals surface area contributed by atoms with E-state index in [-0.39, 0.29) is 30.1 Å². The maximum atomic E-state index is 13.5. The van der Waals surface area contributed by atoms with Crippen molar-refractivity contribution in [2.45, 2.75) is 28.9 Å². The number of hydroxylamine groups is 1. The van der Waals surface area contributed by atoms with Crippen LogP contribution in [0.2, 0.25) is 5.02 Å². The number of sulfone groups is 1. The van der Waals surface area contributed by atoms with Crippen LogP contribution in [0.5, 0.6) is 11.5 Å². The second-order valence-corrected chi connectivity index (χ2v) is 10.4. The van der Waals surface area contributed by atoms with E-state index < -0.39 is 20.5 Å². The average molecular weight is 496 g/mol. The number of piperidine rings is 1. The van der Waals surface area contributed by atoms with Crippen molar-refractivity contribution in [2.75, 3.05) is 26.7 Å². The highest BCUT2D eigenvalue weighted by Gasteiger charge is 2.52. The Balaban J connectivity index is 1.78. The molecule has 3 rings (SSSR count). The Morgan fingerprint density at radius 3 is 2.12 bits per heavy atom. The van der Waals surface area contributed by atoms with Crippen LogP contribution in [0.15, 0.2) is 53.4 Å². The van der Waals surface area contributed by atoms with E-state index in [4.69, 9.17) is 16.3 Å². The fourth-order valence-corrected chi connectivity index (χ4v) is 5.87. The van der Waals surface area contributed by atoms with Gasteiger partial charge in [0.05, 0.1) is 4.90 Å². The number of nitrogens with zero attached hydrogens (tertiary/aromatic N) is 1. The Hall–Kier alpha value is -2.66. The molecule has 1 aliphatic rings. The lowest BCUT2D eigenvalue weighted by molar-refractivity contribution is -0.133. The summed E-state index contributed by atoms with van der Waals surface area (Å²) in [5.41, 5.74) is 1.54. The monoisotopic (exact) mass is 495 g/mol. The summed E-state index contributed by atoms with van der Waals surface area (Å²) in [5, 5.41) is 12.4. The molecular weight excluding hydrogens is 470 g/mol. The lowest BCUT2D eigenvalue weighted by atomic mass is 9.94. The van der Waals surface area contributed by atoms with E-state index in [0.29, 0.717) is 36.2 Å². The lowest BCUT2D eigenvalue weighted by Crippen LogP contribution is -2.57. The highest BCUT2D eigenvalue weighted by molar-refractivity contribution is 7.93. The van der Waals surface area contributed by atoms with Crippen LogP contribution in [0.1, 0.15) is 19.3 Å². The second kappa shape index (κ2) is 10.5. The average Bonchev–Trinajstić information content (AvgIpc) is 2.84. The molecular formula is C22H26ClN3O6S. The predicted octanol–water partition coefficient (Wildman–Crippen LogP) is 2.38. The van der Waals surface area contributed by atoms with Gasteiger partial charge in [0, 0.05) is 38.1 Å². The first-order valence-corrected chi connectivity index (χ1v) is 12.2. The van der Waals surface area contributed by atoms with Crippen LogP contribution in [0.4, 0.5) is 0 Å². The van der Waals surface area contributed by atoms with Crippen molar-refractivity contribution < 1.29 is 28.0 Å². The Morgan fingerprint density at radius 1 is 1.06 bits per heavy atom. The van der Waals surface area contributed by atoms with Crippen molar-refractivity contribution in [3.63, 3.8) is 0 Å². The number of amides is 2. The van der Waals surface area contributed by atoms with Crippen LogP contribution >= 0.6 is 11.6 Å². The minimum absolute atomic E-state index is 0.0154. The molecule has 0 aliphatic carbocycles. The minimum atomic E-state index is -4.14. The van der Waals surface area contributed by atoms with Gasteiger partial charge in [0.1, 0.15) is 11.5 Å². The van der Waals surface area contributed by atoms with Gasteiger partial charge in [-0.05, 0) is 61.4 Å². The van der Waals surface area contributed by atoms with Crippen molar-refractivity contribution in [1.29, 1.82) is 0 Å². The van der Waals surface area contributed by atoms with Gasteiger partial charge in [-0.3, -0.25) is 14.8 Å². The summed E-state index contributed by atoms with van der Waals surface area (Å²) in [7, 11) is -2.59. The first-order chi connectivity index (χ1) is 15.7. The first kappa shape index (κ1) is 25.0. The molecule has 0 radical (unpaired) electrons. The van der Waals surface area contributed by atoms with Gasteiger partial charge >= 0.3 is 0 Å². The van der Waals surface area contributed by atoms with Crippen molar-refractivity contribution in [3.05, 3.63) is 53.6 Å². The molecule has 1 saturated heterocycles. The summed E-state index contributed by atoms with van der Waals surface area (Å²) < 4.78 is 30.9. The van der Waals surface area contributed by atoms with E-state index in [0.717, 1.165) is 0 Å². The van der Waals surface area contributed by atoms with Gasteiger partial charge in [0.2, 0.25) is 5.91 Å². The molecule has 0 unspecified atom stereocenters. The van der Waals surface area contributed by atoms with Gasteiger partial charge in [-0.1, -0.05) is 11.6 Å². The molecule has 0 spiro atoms. The Morgan fingerprint density at radius 2 is 1.61 bits per heavy atom. The maximum absolute atomic E-state index is 13.5. The Labute approximate surface area is 197 Å². The normalized spacial score (nSPS) is 16.1. The van der Waals surface area contributed by atoms with E-state index in [2.05, 4.69) is 5.32 Å². The summed E-state index contributed by atoms with van der Waals surface area (Å²) in [6, 6.07) is 12.5. The number of halogens is 1. The van der Waals surface area contributed by atoms with Crippen molar-refractivity contribution in [3.8, 4) is 11.5 Å². The summed E-state index contributed by atoms with van der Waals surface area (Å²) in [6.07, 6.45) is 0.245. The molecule has 178 valence electrons. The molecule has 2 amide bonds. The number of likely N-dealkylation sites (tertiary alicyclic amines) is 1. The SMILES string of the molecule is CNC(=O)CCN1CCC(C(=O)NO)(S(=O)(=O)c2ccc(Oc3ccc(Cl)cc3)cc2)CC1. The van der Waals surface area contributed by atoms with Gasteiger partial charge < -0.3 is 15.0 Å². The zero-order chi connectivity index (χ0) is 24.1. The highest BCUT2D eigenvalue weighted by Crippen LogP contribution is 2.37. The number of benzene rings is 2. The third-order valence-corrected chi connectivity index (χ3v) is 8.58. The Kier molecular flexibility index (Phi) is 7.96. The summed E-state index contributed by atoms with van der Waals surface area (Å²) in [4.78, 5) is 26.0. The van der Waals surface area contributed by atoms with E-state index in [1.807, 2.05) is 4.90 Å². The quantitative estimate of drug-likeness (QED) is 0.379.